The highest BCUT2D eigenvalue weighted by Gasteiger charge is 2.38. The number of hydrogen-bond donors (Lipinski definition) is 3. The van der Waals surface area contributed by atoms with E-state index in [2.05, 4.69) is 16.0 Å². The Bertz CT molecular complexity index is 1920. The number of nitrogens with one attached hydrogen (secondary N) is 3. The van der Waals surface area contributed by atoms with Crippen molar-refractivity contribution in [1.29, 1.82) is 0 Å². The number of ether oxygens (including phenoxy) is 2. The lowest BCUT2D eigenvalue weighted by Crippen LogP contribution is -2.49. The van der Waals surface area contributed by atoms with E-state index in [0.717, 1.165) is 16.7 Å². The zero-order valence-corrected chi connectivity index (χ0v) is 34.7. The Morgan fingerprint density at radius 1 is 0.746 bits per heavy atom. The van der Waals surface area contributed by atoms with Crippen molar-refractivity contribution in [1.82, 2.24) is 16.0 Å². The van der Waals surface area contributed by atoms with Gasteiger partial charge in [-0.3, -0.25) is 14.4 Å². The molecule has 3 amide bonds. The first-order chi connectivity index (χ1) is 28.1. The summed E-state index contributed by atoms with van der Waals surface area (Å²) in [5.41, 5.74) is 1.26. The average molecular weight is 806 g/mol. The summed E-state index contributed by atoms with van der Waals surface area (Å²) in [6.07, 6.45) is 1.72. The van der Waals surface area contributed by atoms with Gasteiger partial charge in [0, 0.05) is 30.9 Å². The van der Waals surface area contributed by atoms with Crippen LogP contribution in [0.3, 0.4) is 0 Å². The first-order valence-corrected chi connectivity index (χ1v) is 20.0. The van der Waals surface area contributed by atoms with Crippen LogP contribution < -0.4 is 16.0 Å². The molecule has 0 unspecified atom stereocenters. The van der Waals surface area contributed by atoms with Crippen molar-refractivity contribution < 1.29 is 37.8 Å². The quantitative estimate of drug-likeness (QED) is 0.0496. The van der Waals surface area contributed by atoms with Gasteiger partial charge in [-0.15, -0.1) is 0 Å². The molecule has 59 heavy (non-hydrogen) atoms. The Morgan fingerprint density at radius 3 is 1.75 bits per heavy atom. The number of alkyl carbamates (subject to hydrolysis) is 1. The van der Waals surface area contributed by atoms with Crippen LogP contribution in [0.2, 0.25) is 0 Å². The molecule has 3 N–H and O–H groups in total. The van der Waals surface area contributed by atoms with Crippen LogP contribution in [0.15, 0.2) is 127 Å². The van der Waals surface area contributed by atoms with Gasteiger partial charge >= 0.3 is 12.1 Å². The maximum absolute atomic E-state index is 14.3. The van der Waals surface area contributed by atoms with E-state index in [1.807, 2.05) is 91.0 Å². The van der Waals surface area contributed by atoms with E-state index in [1.165, 1.54) is 24.3 Å². The molecule has 3 atom stereocenters. The van der Waals surface area contributed by atoms with E-state index >= 15 is 0 Å². The lowest BCUT2D eigenvalue weighted by Gasteiger charge is -2.37. The van der Waals surface area contributed by atoms with Gasteiger partial charge in [-0.1, -0.05) is 123 Å². The number of ketones is 1. The second-order valence-electron chi connectivity index (χ2n) is 15.7. The normalized spacial score (nSPS) is 13.2. The highest BCUT2D eigenvalue weighted by molar-refractivity contribution is 5.92. The Kier molecular flexibility index (Phi) is 16.7. The van der Waals surface area contributed by atoms with Gasteiger partial charge in [-0.2, -0.15) is 0 Å². The van der Waals surface area contributed by atoms with Crippen molar-refractivity contribution in [2.45, 2.75) is 90.4 Å². The fraction of sp³-hybridized carbons (Fsp3) is 0.354. The summed E-state index contributed by atoms with van der Waals surface area (Å²) in [5, 5.41) is 8.94. The first-order valence-electron chi connectivity index (χ1n) is 20.0. The minimum absolute atomic E-state index is 0.0663. The van der Waals surface area contributed by atoms with E-state index in [1.54, 1.807) is 53.7 Å². The van der Waals surface area contributed by atoms with E-state index in [0.29, 0.717) is 5.56 Å². The van der Waals surface area contributed by atoms with Crippen LogP contribution in [0, 0.1) is 17.7 Å². The summed E-state index contributed by atoms with van der Waals surface area (Å²) >= 11 is 0. The SMILES string of the molecule is CCOC(=O)/C=C/[C@H](CCC(=O)NC(c1ccccc1)(c1ccccc1)c1ccccc1)NC(=O)[C@@H](CC(=O)[C@@H](NC(=O)OC(C)(C)C)C(C)C)Cc1ccc(F)cc1. The Labute approximate surface area is 347 Å². The van der Waals surface area contributed by atoms with Gasteiger partial charge < -0.3 is 25.4 Å². The minimum Gasteiger partial charge on any atom is -0.463 e. The molecule has 0 fully saturated rings. The topological polar surface area (TPSA) is 140 Å². The number of Topliss-reactive ketones (excluding diaryl/α,β-unsaturated/α-hetero) is 1. The van der Waals surface area contributed by atoms with Gasteiger partial charge in [0.25, 0.3) is 0 Å². The molecular weight excluding hydrogens is 750 g/mol. The molecule has 0 radical (unpaired) electrons. The van der Waals surface area contributed by atoms with E-state index in [4.69, 9.17) is 9.47 Å². The number of esters is 1. The number of hydrogen-bond acceptors (Lipinski definition) is 7. The number of rotatable bonds is 19. The van der Waals surface area contributed by atoms with Crippen molar-refractivity contribution in [2.75, 3.05) is 6.61 Å². The Morgan fingerprint density at radius 2 is 1.27 bits per heavy atom. The van der Waals surface area contributed by atoms with Crippen LogP contribution in [0.25, 0.3) is 0 Å². The zero-order chi connectivity index (χ0) is 43.0. The summed E-state index contributed by atoms with van der Waals surface area (Å²) in [4.78, 5) is 67.5. The molecule has 0 aliphatic heterocycles. The third kappa shape index (κ3) is 13.8. The van der Waals surface area contributed by atoms with E-state index in [9.17, 15) is 28.4 Å². The van der Waals surface area contributed by atoms with Crippen LogP contribution in [0.5, 0.6) is 0 Å². The van der Waals surface area contributed by atoms with Crippen molar-refractivity contribution in [2.24, 2.45) is 11.8 Å². The maximum atomic E-state index is 14.3. The molecule has 312 valence electrons. The summed E-state index contributed by atoms with van der Waals surface area (Å²) in [6, 6.07) is 32.8. The summed E-state index contributed by atoms with van der Waals surface area (Å²) in [7, 11) is 0. The number of amides is 3. The van der Waals surface area contributed by atoms with E-state index < -0.39 is 58.7 Å². The zero-order valence-electron chi connectivity index (χ0n) is 34.7. The second-order valence-corrected chi connectivity index (χ2v) is 15.7. The van der Waals surface area contributed by atoms with Crippen molar-refractivity contribution >= 4 is 29.7 Å². The maximum Gasteiger partial charge on any atom is 0.408 e. The predicted octanol–water partition coefficient (Wildman–Crippen LogP) is 7.99. The van der Waals surface area contributed by atoms with Gasteiger partial charge in [0.2, 0.25) is 11.8 Å². The molecule has 4 rings (SSSR count). The van der Waals surface area contributed by atoms with Gasteiger partial charge in [0.05, 0.1) is 12.6 Å². The van der Waals surface area contributed by atoms with Crippen molar-refractivity contribution in [3.05, 3.63) is 155 Å². The molecule has 0 saturated carbocycles. The van der Waals surface area contributed by atoms with Gasteiger partial charge in [-0.05, 0) is 80.8 Å². The molecule has 10 nitrogen and oxygen atoms in total. The van der Waals surface area contributed by atoms with Gasteiger partial charge in [0.1, 0.15) is 17.0 Å². The Balaban J connectivity index is 1.63. The number of halogens is 1. The third-order valence-electron chi connectivity index (χ3n) is 9.61. The second kappa shape index (κ2) is 21.6. The lowest BCUT2D eigenvalue weighted by atomic mass is 9.77. The molecule has 11 heteroatoms. The largest absolute Gasteiger partial charge is 0.463 e. The smallest absolute Gasteiger partial charge is 0.408 e. The summed E-state index contributed by atoms with van der Waals surface area (Å²) in [6.45, 7) is 10.5. The first kappa shape index (κ1) is 45.6. The monoisotopic (exact) mass is 805 g/mol. The van der Waals surface area contributed by atoms with E-state index in [-0.39, 0.29) is 44.1 Å². The molecule has 0 saturated heterocycles. The average Bonchev–Trinajstić information content (AvgIpc) is 3.20. The fourth-order valence-corrected chi connectivity index (χ4v) is 6.83. The summed E-state index contributed by atoms with van der Waals surface area (Å²) in [5.74, 6) is -3.64. The van der Waals surface area contributed by atoms with Gasteiger partial charge in [0.15, 0.2) is 5.78 Å². The minimum atomic E-state index is -1.07. The van der Waals surface area contributed by atoms with Crippen molar-refractivity contribution in [3.63, 3.8) is 0 Å². The summed E-state index contributed by atoms with van der Waals surface area (Å²) < 4.78 is 24.4. The highest BCUT2D eigenvalue weighted by atomic mass is 19.1. The molecule has 0 bridgehead atoms. The standard InChI is InChI=1S/C48H56FN3O7/c1-7-58-43(55)30-28-40(27-29-42(54)52-48(36-17-11-8-12-18-36,37-19-13-9-14-20-37)38-21-15-10-16-22-38)50-45(56)35(31-34-23-25-39(49)26-24-34)32-41(53)44(33(2)3)51-46(57)59-47(4,5)6/h8-26,28,30,33,35,40,44H,7,27,29,31-32H2,1-6H3,(H,50,56)(H,51,57)(H,52,54)/b30-28+/t35-,40+,44+/m1/s1. The molecule has 0 heterocycles. The molecule has 0 aliphatic carbocycles. The number of carbonyl (C=O) groups excluding carboxylic acids is 5. The Hall–Kier alpha value is -6.10. The van der Waals surface area contributed by atoms with Crippen LogP contribution in [-0.4, -0.2) is 54.0 Å². The molecule has 0 aliphatic rings. The molecular formula is C48H56FN3O7. The molecule has 4 aromatic rings. The van der Waals surface area contributed by atoms with Crippen LogP contribution in [-0.2, 0) is 40.6 Å². The number of carbonyl (C=O) groups is 5. The number of benzene rings is 4. The molecule has 0 aromatic heterocycles. The van der Waals surface area contributed by atoms with Crippen LogP contribution in [0.1, 0.15) is 83.1 Å². The molecule has 4 aromatic carbocycles. The predicted molar refractivity (Wildman–Crippen MR) is 226 cm³/mol. The molecule has 0 spiro atoms. The van der Waals surface area contributed by atoms with Crippen molar-refractivity contribution in [3.8, 4) is 0 Å². The van der Waals surface area contributed by atoms with Crippen LogP contribution >= 0.6 is 0 Å². The third-order valence-corrected chi connectivity index (χ3v) is 9.61. The lowest BCUT2D eigenvalue weighted by molar-refractivity contribution is -0.137. The highest BCUT2D eigenvalue weighted by Crippen LogP contribution is 2.37. The van der Waals surface area contributed by atoms with Gasteiger partial charge in [-0.25, -0.2) is 14.0 Å². The van der Waals surface area contributed by atoms with Crippen LogP contribution in [0.4, 0.5) is 9.18 Å². The fourth-order valence-electron chi connectivity index (χ4n) is 6.83.